The van der Waals surface area contributed by atoms with Gasteiger partial charge in [0.1, 0.15) is 5.69 Å². The smallest absolute Gasteiger partial charge is 0.153 e. The van der Waals surface area contributed by atoms with Crippen molar-refractivity contribution < 1.29 is 17.2 Å². The number of hydrogen-bond acceptors (Lipinski definition) is 4. The maximum atomic E-state index is 13.7. The minimum absolute atomic E-state index is 0.0576. The molecule has 4 nitrogen and oxygen atoms in total. The van der Waals surface area contributed by atoms with Crippen LogP contribution in [0.3, 0.4) is 0 Å². The molecule has 1 aromatic rings. The third-order valence-electron chi connectivity index (χ3n) is 2.81. The Labute approximate surface area is 103 Å². The molecule has 1 saturated heterocycles. The molecule has 0 N–H and O–H groups in total. The Bertz CT molecular complexity index is 585. The van der Waals surface area contributed by atoms with Gasteiger partial charge < -0.3 is 4.90 Å². The van der Waals surface area contributed by atoms with Gasteiger partial charge in [-0.3, -0.25) is 0 Å². The summed E-state index contributed by atoms with van der Waals surface area (Å²) in [4.78, 5) is 1.35. The molecule has 7 heteroatoms. The summed E-state index contributed by atoms with van der Waals surface area (Å²) in [5, 5.41) is 8.58. The number of sulfone groups is 1. The summed E-state index contributed by atoms with van der Waals surface area (Å²) in [5.41, 5.74) is -0.359. The first-order valence-electron chi connectivity index (χ1n) is 5.27. The van der Waals surface area contributed by atoms with Crippen molar-refractivity contribution in [3.05, 3.63) is 29.3 Å². The van der Waals surface area contributed by atoms with Crippen molar-refractivity contribution in [1.82, 2.24) is 0 Å². The van der Waals surface area contributed by atoms with Crippen LogP contribution < -0.4 is 4.90 Å². The van der Waals surface area contributed by atoms with Gasteiger partial charge in [-0.1, -0.05) is 0 Å². The van der Waals surface area contributed by atoms with Crippen LogP contribution in [0.2, 0.25) is 0 Å². The van der Waals surface area contributed by atoms with Gasteiger partial charge in [0.2, 0.25) is 0 Å². The summed E-state index contributed by atoms with van der Waals surface area (Å²) in [6, 6.07) is 3.55. The molecule has 1 aliphatic rings. The van der Waals surface area contributed by atoms with E-state index in [4.69, 9.17) is 5.26 Å². The second kappa shape index (κ2) is 4.53. The molecule has 0 spiro atoms. The zero-order valence-corrected chi connectivity index (χ0v) is 10.2. The van der Waals surface area contributed by atoms with Gasteiger partial charge in [-0.2, -0.15) is 5.26 Å². The van der Waals surface area contributed by atoms with Crippen LogP contribution in [0.5, 0.6) is 0 Å². The topological polar surface area (TPSA) is 61.2 Å². The van der Waals surface area contributed by atoms with Crippen molar-refractivity contribution in [2.24, 2.45) is 0 Å². The Morgan fingerprint density at radius 1 is 1.17 bits per heavy atom. The maximum absolute atomic E-state index is 13.7. The van der Waals surface area contributed by atoms with E-state index < -0.39 is 21.5 Å². The highest BCUT2D eigenvalue weighted by molar-refractivity contribution is 7.91. The van der Waals surface area contributed by atoms with Gasteiger partial charge in [0.15, 0.2) is 21.5 Å². The van der Waals surface area contributed by atoms with Crippen molar-refractivity contribution in [3.63, 3.8) is 0 Å². The van der Waals surface area contributed by atoms with Crippen LogP contribution in [0.15, 0.2) is 12.1 Å². The van der Waals surface area contributed by atoms with E-state index in [0.29, 0.717) is 0 Å². The average molecular weight is 272 g/mol. The second-order valence-electron chi connectivity index (χ2n) is 4.04. The number of rotatable bonds is 1. The standard InChI is InChI=1S/C11H10F2N2O2S/c12-9-5-8(7-14)6-10(13)11(9)15-1-3-18(16,17)4-2-15/h5-6H,1-4H2. The van der Waals surface area contributed by atoms with Crippen molar-refractivity contribution in [1.29, 1.82) is 5.26 Å². The van der Waals surface area contributed by atoms with E-state index >= 15 is 0 Å². The van der Waals surface area contributed by atoms with Gasteiger partial charge in [-0.15, -0.1) is 0 Å². The van der Waals surface area contributed by atoms with E-state index in [-0.39, 0.29) is 35.8 Å². The first kappa shape index (κ1) is 12.8. The van der Waals surface area contributed by atoms with E-state index in [1.165, 1.54) is 4.90 Å². The van der Waals surface area contributed by atoms with E-state index in [1.54, 1.807) is 6.07 Å². The van der Waals surface area contributed by atoms with E-state index in [9.17, 15) is 17.2 Å². The van der Waals surface area contributed by atoms with E-state index in [2.05, 4.69) is 0 Å². The predicted molar refractivity (Wildman–Crippen MR) is 61.9 cm³/mol. The van der Waals surface area contributed by atoms with Crippen LogP contribution in [-0.4, -0.2) is 33.0 Å². The van der Waals surface area contributed by atoms with Crippen molar-refractivity contribution in [3.8, 4) is 6.07 Å². The Balaban J connectivity index is 2.33. The Morgan fingerprint density at radius 3 is 2.11 bits per heavy atom. The molecule has 0 amide bonds. The van der Waals surface area contributed by atoms with Crippen molar-refractivity contribution in [2.75, 3.05) is 29.5 Å². The van der Waals surface area contributed by atoms with Crippen molar-refractivity contribution >= 4 is 15.5 Å². The lowest BCUT2D eigenvalue weighted by molar-refractivity contribution is 0.561. The molecule has 2 rings (SSSR count). The van der Waals surface area contributed by atoms with Gasteiger partial charge in [0, 0.05) is 13.1 Å². The largest absolute Gasteiger partial charge is 0.365 e. The summed E-state index contributed by atoms with van der Waals surface area (Å²) < 4.78 is 49.9. The lowest BCUT2D eigenvalue weighted by Gasteiger charge is -2.29. The minimum atomic E-state index is -3.10. The molecule has 0 bridgehead atoms. The highest BCUT2D eigenvalue weighted by Gasteiger charge is 2.26. The maximum Gasteiger partial charge on any atom is 0.153 e. The fourth-order valence-electron chi connectivity index (χ4n) is 1.87. The molecule has 1 fully saturated rings. The van der Waals surface area contributed by atoms with Gasteiger partial charge in [0.05, 0.1) is 23.1 Å². The third kappa shape index (κ3) is 2.43. The molecule has 0 atom stereocenters. The Kier molecular flexibility index (Phi) is 3.22. The summed E-state index contributed by atoms with van der Waals surface area (Å²) in [5.74, 6) is -1.92. The normalized spacial score (nSPS) is 18.4. The van der Waals surface area contributed by atoms with Crippen LogP contribution in [0.25, 0.3) is 0 Å². The van der Waals surface area contributed by atoms with Gasteiger partial charge in [0.25, 0.3) is 0 Å². The lowest BCUT2D eigenvalue weighted by atomic mass is 10.2. The van der Waals surface area contributed by atoms with Crippen molar-refractivity contribution in [2.45, 2.75) is 0 Å². The van der Waals surface area contributed by atoms with Gasteiger partial charge in [-0.05, 0) is 12.1 Å². The highest BCUT2D eigenvalue weighted by atomic mass is 32.2. The quantitative estimate of drug-likeness (QED) is 0.767. The SMILES string of the molecule is N#Cc1cc(F)c(N2CCS(=O)(=O)CC2)c(F)c1. The summed E-state index contributed by atoms with van der Waals surface area (Å²) in [7, 11) is -3.10. The first-order chi connectivity index (χ1) is 8.43. The summed E-state index contributed by atoms with van der Waals surface area (Å²) in [6.45, 7) is 0.115. The monoisotopic (exact) mass is 272 g/mol. The molecule has 0 radical (unpaired) electrons. The fraction of sp³-hybridized carbons (Fsp3) is 0.364. The van der Waals surface area contributed by atoms with Crippen LogP contribution >= 0.6 is 0 Å². The summed E-state index contributed by atoms with van der Waals surface area (Å²) >= 11 is 0. The molecule has 18 heavy (non-hydrogen) atoms. The lowest BCUT2D eigenvalue weighted by Crippen LogP contribution is -2.41. The second-order valence-corrected chi connectivity index (χ2v) is 6.34. The van der Waals surface area contributed by atoms with Crippen LogP contribution in [0.1, 0.15) is 5.56 Å². The van der Waals surface area contributed by atoms with Gasteiger partial charge >= 0.3 is 0 Å². The molecule has 0 aromatic heterocycles. The minimum Gasteiger partial charge on any atom is -0.365 e. The molecule has 96 valence electrons. The number of nitriles is 1. The average Bonchev–Trinajstić information content (AvgIpc) is 2.30. The molecule has 1 heterocycles. The Morgan fingerprint density at radius 2 is 1.67 bits per heavy atom. The third-order valence-corrected chi connectivity index (χ3v) is 4.42. The molecular formula is C11H10F2N2O2S. The number of anilines is 1. The zero-order chi connectivity index (χ0) is 13.3. The molecule has 0 aliphatic carbocycles. The molecule has 0 unspecified atom stereocenters. The Hall–Kier alpha value is -1.68. The van der Waals surface area contributed by atoms with Gasteiger partial charge in [-0.25, -0.2) is 17.2 Å². The van der Waals surface area contributed by atoms with E-state index in [1.807, 2.05) is 0 Å². The molecule has 0 saturated carbocycles. The molecule has 1 aromatic carbocycles. The van der Waals surface area contributed by atoms with Crippen LogP contribution in [0, 0.1) is 23.0 Å². The number of halogens is 2. The fourth-order valence-corrected chi connectivity index (χ4v) is 3.07. The number of hydrogen-bond donors (Lipinski definition) is 0. The first-order valence-corrected chi connectivity index (χ1v) is 7.09. The zero-order valence-electron chi connectivity index (χ0n) is 9.36. The highest BCUT2D eigenvalue weighted by Crippen LogP contribution is 2.26. The molecule has 1 aliphatic heterocycles. The molecular weight excluding hydrogens is 262 g/mol. The van der Waals surface area contributed by atoms with Crippen LogP contribution in [-0.2, 0) is 9.84 Å². The van der Waals surface area contributed by atoms with Crippen LogP contribution in [0.4, 0.5) is 14.5 Å². The predicted octanol–water partition coefficient (Wildman–Crippen LogP) is 1.07. The summed E-state index contributed by atoms with van der Waals surface area (Å²) in [6.07, 6.45) is 0. The number of nitrogens with zero attached hydrogens (tertiary/aromatic N) is 2. The van der Waals surface area contributed by atoms with E-state index in [0.717, 1.165) is 12.1 Å². The number of benzene rings is 1.